The van der Waals surface area contributed by atoms with E-state index < -0.39 is 0 Å². The molecule has 0 saturated carbocycles. The standard InChI is InChI=1S/C10H16O2/c1-7(2)4-5-9-8(3)6-10(11)12-9/h5,7-8H,4,6H2,1-3H3/b9-5+/t8-/m1/s1. The van der Waals surface area contributed by atoms with E-state index in [1.165, 1.54) is 0 Å². The quantitative estimate of drug-likeness (QED) is 0.592. The lowest BCUT2D eigenvalue weighted by Crippen LogP contribution is -1.92. The largest absolute Gasteiger partial charge is 0.431 e. The van der Waals surface area contributed by atoms with Gasteiger partial charge in [-0.3, -0.25) is 4.79 Å². The van der Waals surface area contributed by atoms with Gasteiger partial charge in [0.2, 0.25) is 0 Å². The fourth-order valence-electron chi connectivity index (χ4n) is 1.22. The summed E-state index contributed by atoms with van der Waals surface area (Å²) in [6.45, 7) is 6.33. The fraction of sp³-hybridized carbons (Fsp3) is 0.700. The maximum absolute atomic E-state index is 10.8. The van der Waals surface area contributed by atoms with Crippen LogP contribution >= 0.6 is 0 Å². The Hall–Kier alpha value is -0.790. The first-order valence-electron chi connectivity index (χ1n) is 4.50. The highest BCUT2D eigenvalue weighted by atomic mass is 16.5. The number of rotatable bonds is 2. The molecule has 2 heteroatoms. The molecular formula is C10H16O2. The second-order valence-electron chi connectivity index (χ2n) is 3.82. The molecule has 0 N–H and O–H groups in total. The Morgan fingerprint density at radius 2 is 2.33 bits per heavy atom. The van der Waals surface area contributed by atoms with Crippen molar-refractivity contribution in [3.8, 4) is 0 Å². The smallest absolute Gasteiger partial charge is 0.311 e. The normalized spacial score (nSPS) is 26.8. The summed E-state index contributed by atoms with van der Waals surface area (Å²) >= 11 is 0. The molecule has 0 amide bonds. The van der Waals surface area contributed by atoms with Crippen molar-refractivity contribution in [3.63, 3.8) is 0 Å². The van der Waals surface area contributed by atoms with E-state index in [-0.39, 0.29) is 11.9 Å². The van der Waals surface area contributed by atoms with E-state index >= 15 is 0 Å². The molecule has 0 aliphatic carbocycles. The summed E-state index contributed by atoms with van der Waals surface area (Å²) in [6, 6.07) is 0. The van der Waals surface area contributed by atoms with Crippen LogP contribution in [0.1, 0.15) is 33.6 Å². The first-order valence-corrected chi connectivity index (χ1v) is 4.50. The maximum atomic E-state index is 10.8. The van der Waals surface area contributed by atoms with Gasteiger partial charge in [0, 0.05) is 5.92 Å². The topological polar surface area (TPSA) is 26.3 Å². The highest BCUT2D eigenvalue weighted by Crippen LogP contribution is 2.25. The van der Waals surface area contributed by atoms with Gasteiger partial charge < -0.3 is 4.74 Å². The molecule has 0 spiro atoms. The summed E-state index contributed by atoms with van der Waals surface area (Å²) in [7, 11) is 0. The van der Waals surface area contributed by atoms with Crippen molar-refractivity contribution in [1.29, 1.82) is 0 Å². The molecule has 0 unspecified atom stereocenters. The van der Waals surface area contributed by atoms with E-state index in [1.54, 1.807) is 0 Å². The van der Waals surface area contributed by atoms with Crippen molar-refractivity contribution in [2.24, 2.45) is 11.8 Å². The Labute approximate surface area is 73.6 Å². The van der Waals surface area contributed by atoms with Crippen LogP contribution in [0.3, 0.4) is 0 Å². The average molecular weight is 168 g/mol. The van der Waals surface area contributed by atoms with Crippen LogP contribution in [-0.4, -0.2) is 5.97 Å². The molecule has 1 fully saturated rings. The summed E-state index contributed by atoms with van der Waals surface area (Å²) in [6.07, 6.45) is 3.58. The molecule has 0 bridgehead atoms. The van der Waals surface area contributed by atoms with Gasteiger partial charge >= 0.3 is 5.97 Å². The molecule has 1 rings (SSSR count). The molecule has 68 valence electrons. The predicted molar refractivity (Wildman–Crippen MR) is 47.4 cm³/mol. The van der Waals surface area contributed by atoms with Crippen molar-refractivity contribution in [3.05, 3.63) is 11.8 Å². The molecule has 0 aromatic heterocycles. The second-order valence-corrected chi connectivity index (χ2v) is 3.82. The van der Waals surface area contributed by atoms with E-state index in [4.69, 9.17) is 4.74 Å². The number of esters is 1. The van der Waals surface area contributed by atoms with Gasteiger partial charge in [0.15, 0.2) is 0 Å². The van der Waals surface area contributed by atoms with Gasteiger partial charge in [0.1, 0.15) is 5.76 Å². The monoisotopic (exact) mass is 168 g/mol. The molecule has 0 radical (unpaired) electrons. The molecule has 1 saturated heterocycles. The van der Waals surface area contributed by atoms with Crippen LogP contribution in [-0.2, 0) is 9.53 Å². The first kappa shape index (κ1) is 9.30. The van der Waals surface area contributed by atoms with Gasteiger partial charge in [-0.1, -0.05) is 20.8 Å². The van der Waals surface area contributed by atoms with Crippen LogP contribution in [0, 0.1) is 11.8 Å². The highest BCUT2D eigenvalue weighted by Gasteiger charge is 2.25. The molecule has 12 heavy (non-hydrogen) atoms. The first-order chi connectivity index (χ1) is 5.59. The lowest BCUT2D eigenvalue weighted by atomic mass is 10.0. The maximum Gasteiger partial charge on any atom is 0.311 e. The average Bonchev–Trinajstić information content (AvgIpc) is 2.26. The number of ether oxygens (including phenoxy) is 1. The Bertz CT molecular complexity index is 204. The van der Waals surface area contributed by atoms with Crippen molar-refractivity contribution in [2.45, 2.75) is 33.6 Å². The third-order valence-electron chi connectivity index (χ3n) is 1.98. The van der Waals surface area contributed by atoms with E-state index in [0.717, 1.165) is 12.2 Å². The lowest BCUT2D eigenvalue weighted by molar-refractivity contribution is -0.135. The van der Waals surface area contributed by atoms with Crippen molar-refractivity contribution >= 4 is 5.97 Å². The van der Waals surface area contributed by atoms with E-state index in [9.17, 15) is 4.79 Å². The van der Waals surface area contributed by atoms with Crippen LogP contribution in [0.5, 0.6) is 0 Å². The van der Waals surface area contributed by atoms with Crippen LogP contribution in [0.2, 0.25) is 0 Å². The van der Waals surface area contributed by atoms with Gasteiger partial charge in [-0.25, -0.2) is 0 Å². The third kappa shape index (κ3) is 2.36. The molecule has 2 nitrogen and oxygen atoms in total. The number of carbonyl (C=O) groups is 1. The van der Waals surface area contributed by atoms with Gasteiger partial charge in [0.05, 0.1) is 6.42 Å². The summed E-state index contributed by atoms with van der Waals surface area (Å²) in [5.41, 5.74) is 0. The van der Waals surface area contributed by atoms with Crippen molar-refractivity contribution in [1.82, 2.24) is 0 Å². The molecule has 1 heterocycles. The SMILES string of the molecule is CC(C)C/C=C1/OC(=O)C[C@H]1C. The summed E-state index contributed by atoms with van der Waals surface area (Å²) in [5, 5.41) is 0. The Kier molecular flexibility index (Phi) is 2.90. The Morgan fingerprint density at radius 1 is 1.67 bits per heavy atom. The number of cyclic esters (lactones) is 1. The van der Waals surface area contributed by atoms with Gasteiger partial charge in [-0.05, 0) is 18.4 Å². The van der Waals surface area contributed by atoms with Gasteiger partial charge in [-0.2, -0.15) is 0 Å². The second kappa shape index (κ2) is 3.74. The van der Waals surface area contributed by atoms with Gasteiger partial charge in [0.25, 0.3) is 0 Å². The highest BCUT2D eigenvalue weighted by molar-refractivity contribution is 5.74. The lowest BCUT2D eigenvalue weighted by Gasteiger charge is -2.03. The minimum Gasteiger partial charge on any atom is -0.431 e. The van der Waals surface area contributed by atoms with E-state index in [2.05, 4.69) is 13.8 Å². The fourth-order valence-corrected chi connectivity index (χ4v) is 1.22. The molecule has 1 atom stereocenters. The zero-order valence-electron chi connectivity index (χ0n) is 7.96. The minimum atomic E-state index is -0.0856. The van der Waals surface area contributed by atoms with Crippen molar-refractivity contribution in [2.75, 3.05) is 0 Å². The summed E-state index contributed by atoms with van der Waals surface area (Å²) in [5.74, 6) is 1.70. The predicted octanol–water partition coefficient (Wildman–Crippen LogP) is 2.50. The van der Waals surface area contributed by atoms with Gasteiger partial charge in [-0.15, -0.1) is 0 Å². The Morgan fingerprint density at radius 3 is 2.75 bits per heavy atom. The summed E-state index contributed by atoms with van der Waals surface area (Å²) < 4.78 is 5.05. The van der Waals surface area contributed by atoms with Crippen LogP contribution in [0.25, 0.3) is 0 Å². The summed E-state index contributed by atoms with van der Waals surface area (Å²) in [4.78, 5) is 10.8. The Balaban J connectivity index is 2.51. The third-order valence-corrected chi connectivity index (χ3v) is 1.98. The minimum absolute atomic E-state index is 0.0856. The van der Waals surface area contributed by atoms with Crippen LogP contribution < -0.4 is 0 Å². The van der Waals surface area contributed by atoms with E-state index in [0.29, 0.717) is 12.3 Å². The molecule has 1 aliphatic heterocycles. The number of carbonyl (C=O) groups excluding carboxylic acids is 1. The molecular weight excluding hydrogens is 152 g/mol. The zero-order chi connectivity index (χ0) is 9.14. The zero-order valence-corrected chi connectivity index (χ0v) is 7.96. The van der Waals surface area contributed by atoms with Crippen molar-refractivity contribution < 1.29 is 9.53 Å². The number of allylic oxidation sites excluding steroid dienone is 2. The molecule has 1 aliphatic rings. The molecule has 0 aromatic carbocycles. The molecule has 0 aromatic rings. The number of hydrogen-bond donors (Lipinski definition) is 0. The number of hydrogen-bond acceptors (Lipinski definition) is 2. The van der Waals surface area contributed by atoms with Crippen LogP contribution in [0.4, 0.5) is 0 Å². The van der Waals surface area contributed by atoms with E-state index in [1.807, 2.05) is 13.0 Å². The van der Waals surface area contributed by atoms with Crippen LogP contribution in [0.15, 0.2) is 11.8 Å².